The van der Waals surface area contributed by atoms with Crippen molar-refractivity contribution in [2.24, 2.45) is 0 Å². The third-order valence-electron chi connectivity index (χ3n) is 3.95. The van der Waals surface area contributed by atoms with Gasteiger partial charge in [-0.2, -0.15) is 10.2 Å². The molecule has 0 spiro atoms. The molecule has 0 fully saturated rings. The highest BCUT2D eigenvalue weighted by atomic mass is 79.9. The average Bonchev–Trinajstić information content (AvgIpc) is 3.12. The molecule has 0 saturated carbocycles. The Hall–Kier alpha value is -2.19. The van der Waals surface area contributed by atoms with Gasteiger partial charge in [-0.05, 0) is 47.5 Å². The van der Waals surface area contributed by atoms with Crippen LogP contribution in [0.2, 0.25) is 5.02 Å². The molecule has 26 heavy (non-hydrogen) atoms. The number of hydrogen-bond acceptors (Lipinski definition) is 3. The number of rotatable bonds is 5. The maximum Gasteiger partial charge on any atom is 0.250 e. The minimum absolute atomic E-state index is 0.273. The second-order valence-electron chi connectivity index (χ2n) is 5.84. The summed E-state index contributed by atoms with van der Waals surface area (Å²) in [5, 5.41) is 11.5. The molecule has 1 unspecified atom stereocenters. The van der Waals surface area contributed by atoms with Crippen molar-refractivity contribution >= 4 is 39.3 Å². The van der Waals surface area contributed by atoms with E-state index >= 15 is 0 Å². The number of amides is 1. The van der Waals surface area contributed by atoms with Crippen LogP contribution >= 0.6 is 27.5 Å². The van der Waals surface area contributed by atoms with E-state index in [4.69, 9.17) is 11.6 Å². The molecule has 2 aromatic heterocycles. The van der Waals surface area contributed by atoms with Gasteiger partial charge in [0.2, 0.25) is 5.91 Å². The Morgan fingerprint density at radius 2 is 2.08 bits per heavy atom. The molecule has 0 aliphatic heterocycles. The average molecular weight is 441 g/mol. The molecule has 6 nitrogen and oxygen atoms in total. The van der Waals surface area contributed by atoms with Gasteiger partial charge in [0.1, 0.15) is 16.9 Å². The Kier molecular flexibility index (Phi) is 5.43. The van der Waals surface area contributed by atoms with Gasteiger partial charge in [0.25, 0.3) is 0 Å². The first-order valence-electron chi connectivity index (χ1n) is 7.83. The fraction of sp³-hybridized carbons (Fsp3) is 0.235. The summed E-state index contributed by atoms with van der Waals surface area (Å²) in [5.41, 5.74) is 1.72. The third-order valence-corrected chi connectivity index (χ3v) is 5.00. The zero-order chi connectivity index (χ0) is 18.8. The maximum atomic E-state index is 13.0. The first-order chi connectivity index (χ1) is 12.3. The quantitative estimate of drug-likeness (QED) is 0.647. The van der Waals surface area contributed by atoms with Crippen LogP contribution in [-0.4, -0.2) is 25.5 Å². The minimum Gasteiger partial charge on any atom is -0.306 e. The van der Waals surface area contributed by atoms with Crippen molar-refractivity contribution in [3.8, 4) is 0 Å². The third kappa shape index (κ3) is 3.96. The van der Waals surface area contributed by atoms with Gasteiger partial charge < -0.3 is 5.32 Å². The van der Waals surface area contributed by atoms with Gasteiger partial charge in [0.05, 0.1) is 22.9 Å². The van der Waals surface area contributed by atoms with Crippen LogP contribution in [0.15, 0.2) is 41.1 Å². The Labute approximate surface area is 163 Å². The van der Waals surface area contributed by atoms with E-state index in [9.17, 15) is 9.18 Å². The van der Waals surface area contributed by atoms with E-state index in [1.807, 2.05) is 6.92 Å². The predicted octanol–water partition coefficient (Wildman–Crippen LogP) is 4.19. The van der Waals surface area contributed by atoms with E-state index in [-0.39, 0.29) is 17.5 Å². The van der Waals surface area contributed by atoms with Crippen molar-refractivity contribution in [1.29, 1.82) is 0 Å². The summed E-state index contributed by atoms with van der Waals surface area (Å²) in [6, 6.07) is 5.58. The summed E-state index contributed by atoms with van der Waals surface area (Å²) in [5.74, 6) is -0.304. The SMILES string of the molecule is Cc1c(Br)cnn1C(C)C(=O)Nc1nn(Cc2ccc(F)cc2)cc1Cl. The van der Waals surface area contributed by atoms with Crippen molar-refractivity contribution in [2.75, 3.05) is 5.32 Å². The van der Waals surface area contributed by atoms with Crippen LogP contribution < -0.4 is 5.32 Å². The molecule has 0 aliphatic rings. The van der Waals surface area contributed by atoms with Crippen LogP contribution in [0.3, 0.4) is 0 Å². The molecular weight excluding hydrogens is 425 g/mol. The van der Waals surface area contributed by atoms with Crippen molar-refractivity contribution in [2.45, 2.75) is 26.4 Å². The number of hydrogen-bond donors (Lipinski definition) is 1. The van der Waals surface area contributed by atoms with Gasteiger partial charge in [-0.25, -0.2) is 4.39 Å². The Morgan fingerprint density at radius 1 is 1.38 bits per heavy atom. The lowest BCUT2D eigenvalue weighted by Gasteiger charge is -2.13. The fourth-order valence-electron chi connectivity index (χ4n) is 2.46. The summed E-state index contributed by atoms with van der Waals surface area (Å²) in [6.45, 7) is 4.02. The number of halogens is 3. The number of nitrogens with one attached hydrogen (secondary N) is 1. The highest BCUT2D eigenvalue weighted by molar-refractivity contribution is 9.10. The van der Waals surface area contributed by atoms with Crippen LogP contribution in [0.4, 0.5) is 10.2 Å². The molecule has 0 radical (unpaired) electrons. The molecule has 3 rings (SSSR count). The molecule has 136 valence electrons. The van der Waals surface area contributed by atoms with Crippen LogP contribution in [0.25, 0.3) is 0 Å². The molecule has 1 atom stereocenters. The first kappa shape index (κ1) is 18.6. The number of carbonyl (C=O) groups is 1. The first-order valence-corrected chi connectivity index (χ1v) is 9.00. The fourth-order valence-corrected chi connectivity index (χ4v) is 2.94. The zero-order valence-corrected chi connectivity index (χ0v) is 16.4. The Bertz CT molecular complexity index is 937. The minimum atomic E-state index is -0.528. The van der Waals surface area contributed by atoms with Crippen molar-refractivity contribution in [1.82, 2.24) is 19.6 Å². The summed E-state index contributed by atoms with van der Waals surface area (Å²) in [4.78, 5) is 12.5. The summed E-state index contributed by atoms with van der Waals surface area (Å²) in [7, 11) is 0. The van der Waals surface area contributed by atoms with Crippen molar-refractivity contribution in [3.63, 3.8) is 0 Å². The molecule has 9 heteroatoms. The van der Waals surface area contributed by atoms with Crippen LogP contribution in [0, 0.1) is 12.7 Å². The molecule has 3 aromatic rings. The summed E-state index contributed by atoms with van der Waals surface area (Å²) in [6.07, 6.45) is 3.25. The lowest BCUT2D eigenvalue weighted by atomic mass is 10.2. The molecule has 1 aromatic carbocycles. The van der Waals surface area contributed by atoms with E-state index in [0.717, 1.165) is 15.7 Å². The molecule has 2 heterocycles. The summed E-state index contributed by atoms with van der Waals surface area (Å²) >= 11 is 9.55. The van der Waals surface area contributed by atoms with E-state index in [0.29, 0.717) is 11.6 Å². The number of benzene rings is 1. The van der Waals surface area contributed by atoms with Crippen molar-refractivity contribution < 1.29 is 9.18 Å². The molecule has 1 N–H and O–H groups in total. The molecule has 0 aliphatic carbocycles. The van der Waals surface area contributed by atoms with Gasteiger partial charge in [0, 0.05) is 6.20 Å². The van der Waals surface area contributed by atoms with Gasteiger partial charge in [-0.1, -0.05) is 23.7 Å². The largest absolute Gasteiger partial charge is 0.306 e. The van der Waals surface area contributed by atoms with Gasteiger partial charge in [0.15, 0.2) is 5.82 Å². The zero-order valence-electron chi connectivity index (χ0n) is 14.1. The predicted molar refractivity (Wildman–Crippen MR) is 101 cm³/mol. The highest BCUT2D eigenvalue weighted by Gasteiger charge is 2.20. The Balaban J connectivity index is 1.71. The van der Waals surface area contributed by atoms with E-state index in [1.54, 1.807) is 40.8 Å². The lowest BCUT2D eigenvalue weighted by molar-refractivity contribution is -0.119. The van der Waals surface area contributed by atoms with Crippen LogP contribution in [0.1, 0.15) is 24.2 Å². The summed E-state index contributed by atoms with van der Waals surface area (Å²) < 4.78 is 17.0. The highest BCUT2D eigenvalue weighted by Crippen LogP contribution is 2.23. The monoisotopic (exact) mass is 439 g/mol. The maximum absolute atomic E-state index is 13.0. The van der Waals surface area contributed by atoms with Gasteiger partial charge in [-0.15, -0.1) is 0 Å². The second-order valence-corrected chi connectivity index (χ2v) is 7.10. The second kappa shape index (κ2) is 7.59. The number of anilines is 1. The standard InChI is InChI=1S/C17H16BrClFN5O/c1-10-14(18)7-21-25(10)11(2)17(26)22-16-15(19)9-24(23-16)8-12-3-5-13(20)6-4-12/h3-7,9,11H,8H2,1-2H3,(H,22,23,26). The van der Waals surface area contributed by atoms with Crippen molar-refractivity contribution in [3.05, 3.63) is 63.2 Å². The lowest BCUT2D eigenvalue weighted by Crippen LogP contribution is -2.25. The number of nitrogens with zero attached hydrogens (tertiary/aromatic N) is 4. The van der Waals surface area contributed by atoms with E-state index in [2.05, 4.69) is 31.4 Å². The molecule has 0 saturated heterocycles. The van der Waals surface area contributed by atoms with Crippen LogP contribution in [-0.2, 0) is 11.3 Å². The smallest absolute Gasteiger partial charge is 0.250 e. The molecule has 0 bridgehead atoms. The molecular formula is C17H16BrClFN5O. The Morgan fingerprint density at radius 3 is 2.69 bits per heavy atom. The van der Waals surface area contributed by atoms with Gasteiger partial charge in [-0.3, -0.25) is 14.2 Å². The normalized spacial score (nSPS) is 12.2. The topological polar surface area (TPSA) is 64.7 Å². The molecule has 1 amide bonds. The van der Waals surface area contributed by atoms with E-state index in [1.165, 1.54) is 12.1 Å². The van der Waals surface area contributed by atoms with E-state index < -0.39 is 6.04 Å². The van der Waals surface area contributed by atoms with Gasteiger partial charge >= 0.3 is 0 Å². The number of aromatic nitrogens is 4. The van der Waals surface area contributed by atoms with Crippen LogP contribution in [0.5, 0.6) is 0 Å². The number of carbonyl (C=O) groups excluding carboxylic acids is 1.